The fourth-order valence-electron chi connectivity index (χ4n) is 2.25. The molecule has 2 aromatic rings. The van der Waals surface area contributed by atoms with E-state index >= 15 is 0 Å². The van der Waals surface area contributed by atoms with E-state index in [0.717, 1.165) is 18.6 Å². The average Bonchev–Trinajstić information content (AvgIpc) is 2.58. The van der Waals surface area contributed by atoms with Crippen LogP contribution in [0.15, 0.2) is 60.7 Å². The lowest BCUT2D eigenvalue weighted by Gasteiger charge is -2.17. The number of amides is 1. The molecule has 0 unspecified atom stereocenters. The highest BCUT2D eigenvalue weighted by atomic mass is 16.5. The summed E-state index contributed by atoms with van der Waals surface area (Å²) in [7, 11) is 0. The van der Waals surface area contributed by atoms with E-state index in [2.05, 4.69) is 17.4 Å². The molecule has 1 atom stereocenters. The summed E-state index contributed by atoms with van der Waals surface area (Å²) in [4.78, 5) is 12.2. The average molecular weight is 297 g/mol. The number of rotatable bonds is 8. The Morgan fingerprint density at radius 1 is 1.05 bits per heavy atom. The molecule has 1 amide bonds. The summed E-state index contributed by atoms with van der Waals surface area (Å²) in [5.74, 6) is 0.688. The number of aryl methyl sites for hydroxylation is 1. The van der Waals surface area contributed by atoms with Crippen molar-refractivity contribution in [3.63, 3.8) is 0 Å². The fraction of sp³-hybridized carbons (Fsp3) is 0.316. The third-order valence-corrected chi connectivity index (χ3v) is 3.47. The lowest BCUT2D eigenvalue weighted by molar-refractivity contribution is -0.128. The van der Waals surface area contributed by atoms with Crippen molar-refractivity contribution in [2.24, 2.45) is 0 Å². The minimum Gasteiger partial charge on any atom is -0.481 e. The lowest BCUT2D eigenvalue weighted by atomic mass is 10.1. The van der Waals surface area contributed by atoms with Crippen LogP contribution < -0.4 is 10.1 Å². The Balaban J connectivity index is 1.73. The van der Waals surface area contributed by atoms with E-state index in [9.17, 15) is 4.79 Å². The van der Waals surface area contributed by atoms with Gasteiger partial charge >= 0.3 is 0 Å². The fourth-order valence-corrected chi connectivity index (χ4v) is 2.25. The molecule has 0 saturated carbocycles. The van der Waals surface area contributed by atoms with E-state index in [0.29, 0.717) is 13.0 Å². The van der Waals surface area contributed by atoms with E-state index in [1.807, 2.05) is 55.5 Å². The van der Waals surface area contributed by atoms with Crippen LogP contribution in [0, 0.1) is 0 Å². The molecule has 2 rings (SSSR count). The predicted molar refractivity (Wildman–Crippen MR) is 88.9 cm³/mol. The van der Waals surface area contributed by atoms with Crippen molar-refractivity contribution >= 4 is 5.91 Å². The van der Waals surface area contributed by atoms with Crippen molar-refractivity contribution in [2.75, 3.05) is 6.54 Å². The smallest absolute Gasteiger partial charge is 0.261 e. The molecule has 0 aliphatic heterocycles. The summed E-state index contributed by atoms with van der Waals surface area (Å²) in [6.07, 6.45) is 2.12. The van der Waals surface area contributed by atoms with Crippen molar-refractivity contribution in [3.8, 4) is 5.75 Å². The van der Waals surface area contributed by atoms with Crippen LogP contribution >= 0.6 is 0 Å². The van der Waals surface area contributed by atoms with Gasteiger partial charge in [-0.25, -0.2) is 0 Å². The van der Waals surface area contributed by atoms with Crippen LogP contribution in [0.1, 0.15) is 25.3 Å². The van der Waals surface area contributed by atoms with Crippen molar-refractivity contribution in [1.82, 2.24) is 5.32 Å². The summed E-state index contributed by atoms with van der Waals surface area (Å²) in [6.45, 7) is 2.62. The van der Waals surface area contributed by atoms with Gasteiger partial charge in [0.15, 0.2) is 6.10 Å². The Bertz CT molecular complexity index is 554. The number of para-hydroxylation sites is 1. The quantitative estimate of drug-likeness (QED) is 0.756. The zero-order valence-corrected chi connectivity index (χ0v) is 13.0. The first kappa shape index (κ1) is 16.1. The van der Waals surface area contributed by atoms with Crippen molar-refractivity contribution in [1.29, 1.82) is 0 Å². The van der Waals surface area contributed by atoms with Gasteiger partial charge in [0.2, 0.25) is 0 Å². The molecule has 0 radical (unpaired) electrons. The van der Waals surface area contributed by atoms with Crippen LogP contribution in [-0.2, 0) is 11.2 Å². The molecule has 0 bridgehead atoms. The largest absolute Gasteiger partial charge is 0.481 e. The molecule has 2 aromatic carbocycles. The highest BCUT2D eigenvalue weighted by Gasteiger charge is 2.17. The van der Waals surface area contributed by atoms with Gasteiger partial charge in [0.05, 0.1) is 0 Å². The second-order valence-corrected chi connectivity index (χ2v) is 5.21. The topological polar surface area (TPSA) is 38.3 Å². The van der Waals surface area contributed by atoms with Crippen molar-refractivity contribution < 1.29 is 9.53 Å². The number of carbonyl (C=O) groups is 1. The van der Waals surface area contributed by atoms with Gasteiger partial charge in [0.25, 0.3) is 5.91 Å². The van der Waals surface area contributed by atoms with Gasteiger partial charge in [-0.15, -0.1) is 0 Å². The zero-order chi connectivity index (χ0) is 15.6. The van der Waals surface area contributed by atoms with Gasteiger partial charge in [0.1, 0.15) is 5.75 Å². The molecule has 116 valence electrons. The first-order valence-electron chi connectivity index (χ1n) is 7.83. The third kappa shape index (κ3) is 5.24. The highest BCUT2D eigenvalue weighted by Crippen LogP contribution is 2.12. The minimum absolute atomic E-state index is 0.0422. The Morgan fingerprint density at radius 3 is 2.32 bits per heavy atom. The van der Waals surface area contributed by atoms with E-state index < -0.39 is 6.10 Å². The molecule has 22 heavy (non-hydrogen) atoms. The van der Waals surface area contributed by atoms with Crippen LogP contribution in [0.3, 0.4) is 0 Å². The molecule has 3 nitrogen and oxygen atoms in total. The molecule has 0 heterocycles. The van der Waals surface area contributed by atoms with Gasteiger partial charge in [-0.1, -0.05) is 55.5 Å². The molecule has 0 aliphatic carbocycles. The summed E-state index contributed by atoms with van der Waals surface area (Å²) in [5.41, 5.74) is 1.30. The first-order chi connectivity index (χ1) is 10.8. The molecule has 0 aromatic heterocycles. The maximum atomic E-state index is 12.2. The number of nitrogens with one attached hydrogen (secondary N) is 1. The minimum atomic E-state index is -0.431. The van der Waals surface area contributed by atoms with Crippen molar-refractivity contribution in [3.05, 3.63) is 66.2 Å². The maximum Gasteiger partial charge on any atom is 0.261 e. The Morgan fingerprint density at radius 2 is 1.68 bits per heavy atom. The second kappa shape index (κ2) is 8.88. The second-order valence-electron chi connectivity index (χ2n) is 5.21. The molecule has 0 spiro atoms. The monoisotopic (exact) mass is 297 g/mol. The van der Waals surface area contributed by atoms with Gasteiger partial charge in [-0.2, -0.15) is 0 Å². The summed E-state index contributed by atoms with van der Waals surface area (Å²) < 4.78 is 5.73. The normalized spacial score (nSPS) is 11.7. The third-order valence-electron chi connectivity index (χ3n) is 3.47. The van der Waals surface area contributed by atoms with Crippen LogP contribution in [-0.4, -0.2) is 18.6 Å². The standard InChI is InChI=1S/C19H23NO2/c1-2-18(22-17-13-7-4-8-14-17)19(21)20-15-9-12-16-10-5-3-6-11-16/h3-8,10-11,13-14,18H,2,9,12,15H2,1H3,(H,20,21)/t18-/m0/s1. The summed E-state index contributed by atoms with van der Waals surface area (Å²) in [6, 6.07) is 19.8. The van der Waals surface area contributed by atoms with Gasteiger partial charge in [0, 0.05) is 6.54 Å². The molecular weight excluding hydrogens is 274 g/mol. The van der Waals surface area contributed by atoms with E-state index in [1.165, 1.54) is 5.56 Å². The summed E-state index contributed by atoms with van der Waals surface area (Å²) in [5, 5.41) is 2.96. The number of carbonyl (C=O) groups excluding carboxylic acids is 1. The van der Waals surface area contributed by atoms with E-state index in [1.54, 1.807) is 0 Å². The van der Waals surface area contributed by atoms with Gasteiger partial charge in [-0.05, 0) is 37.0 Å². The van der Waals surface area contributed by atoms with Crippen LogP contribution in [0.2, 0.25) is 0 Å². The molecule has 0 fully saturated rings. The lowest BCUT2D eigenvalue weighted by Crippen LogP contribution is -2.38. The number of ether oxygens (including phenoxy) is 1. The zero-order valence-electron chi connectivity index (χ0n) is 13.0. The molecular formula is C19H23NO2. The SMILES string of the molecule is CC[C@H](Oc1ccccc1)C(=O)NCCCc1ccccc1. The number of hydrogen-bond donors (Lipinski definition) is 1. The van der Waals surface area contributed by atoms with Gasteiger partial charge in [-0.3, -0.25) is 4.79 Å². The molecule has 0 saturated heterocycles. The number of benzene rings is 2. The Kier molecular flexibility index (Phi) is 6.49. The molecule has 0 aliphatic rings. The van der Waals surface area contributed by atoms with E-state index in [-0.39, 0.29) is 5.91 Å². The first-order valence-corrected chi connectivity index (χ1v) is 7.83. The van der Waals surface area contributed by atoms with E-state index in [4.69, 9.17) is 4.74 Å². The molecule has 3 heteroatoms. The molecule has 1 N–H and O–H groups in total. The predicted octanol–water partition coefficient (Wildman–Crippen LogP) is 3.59. The van der Waals surface area contributed by atoms with Crippen LogP contribution in [0.4, 0.5) is 0 Å². The highest BCUT2D eigenvalue weighted by molar-refractivity contribution is 5.81. The van der Waals surface area contributed by atoms with Crippen LogP contribution in [0.25, 0.3) is 0 Å². The van der Waals surface area contributed by atoms with Gasteiger partial charge < -0.3 is 10.1 Å². The Hall–Kier alpha value is -2.29. The summed E-state index contributed by atoms with van der Waals surface area (Å²) >= 11 is 0. The number of hydrogen-bond acceptors (Lipinski definition) is 2. The Labute approximate surface area is 132 Å². The maximum absolute atomic E-state index is 12.2. The van der Waals surface area contributed by atoms with Crippen LogP contribution in [0.5, 0.6) is 5.75 Å². The van der Waals surface area contributed by atoms with Crippen molar-refractivity contribution in [2.45, 2.75) is 32.3 Å².